The molecule has 3 nitrogen and oxygen atoms in total. The fourth-order valence-electron chi connectivity index (χ4n) is 2.60. The Morgan fingerprint density at radius 3 is 1.88 bits per heavy atom. The van der Waals surface area contributed by atoms with Gasteiger partial charge >= 0.3 is 0 Å². The van der Waals surface area contributed by atoms with E-state index in [1.54, 1.807) is 0 Å². The van der Waals surface area contributed by atoms with E-state index in [2.05, 4.69) is 5.32 Å². The number of anilines is 2. The lowest BCUT2D eigenvalue weighted by Gasteiger charge is -2.07. The lowest BCUT2D eigenvalue weighted by Crippen LogP contribution is -2.12. The van der Waals surface area contributed by atoms with Gasteiger partial charge in [0.05, 0.1) is 0 Å². The highest BCUT2D eigenvalue weighted by molar-refractivity contribution is 6.12. The molecule has 0 saturated carbocycles. The summed E-state index contributed by atoms with van der Waals surface area (Å²) in [6.07, 6.45) is 0. The number of benzene rings is 4. The second-order valence-electron chi connectivity index (χ2n) is 5.76. The Bertz CT molecular complexity index is 977. The Kier molecular flexibility index (Phi) is 5.63. The van der Waals surface area contributed by atoms with Crippen molar-refractivity contribution in [2.75, 3.05) is 11.1 Å². The summed E-state index contributed by atoms with van der Waals surface area (Å²) < 4.78 is 0. The number of fused-ring (bicyclic) bond motifs is 1. The van der Waals surface area contributed by atoms with Gasteiger partial charge in [0.25, 0.3) is 5.91 Å². The molecule has 4 rings (SSSR count). The van der Waals surface area contributed by atoms with E-state index in [1.807, 2.05) is 103 Å². The molecule has 0 aliphatic heterocycles. The lowest BCUT2D eigenvalue weighted by atomic mass is 10.0. The van der Waals surface area contributed by atoms with E-state index in [0.29, 0.717) is 5.56 Å². The Morgan fingerprint density at radius 1 is 0.654 bits per heavy atom. The van der Waals surface area contributed by atoms with Crippen molar-refractivity contribution in [3.63, 3.8) is 0 Å². The maximum absolute atomic E-state index is 12.3. The van der Waals surface area contributed by atoms with Crippen LogP contribution in [0.4, 0.5) is 11.4 Å². The third kappa shape index (κ3) is 4.48. The summed E-state index contributed by atoms with van der Waals surface area (Å²) >= 11 is 0. The van der Waals surface area contributed by atoms with Gasteiger partial charge in [-0.15, -0.1) is 0 Å². The number of hydrogen-bond acceptors (Lipinski definition) is 2. The summed E-state index contributed by atoms with van der Waals surface area (Å²) in [6, 6.07) is 32.6. The third-order valence-corrected chi connectivity index (χ3v) is 3.87. The molecule has 0 unspecified atom stereocenters. The molecular weight excluding hydrogens is 320 g/mol. The maximum atomic E-state index is 12.3. The van der Waals surface area contributed by atoms with Gasteiger partial charge in [0.1, 0.15) is 0 Å². The lowest BCUT2D eigenvalue weighted by molar-refractivity contribution is 0.102. The minimum atomic E-state index is -0.0806. The van der Waals surface area contributed by atoms with Crippen LogP contribution in [0, 0.1) is 0 Å². The van der Waals surface area contributed by atoms with E-state index in [9.17, 15) is 4.79 Å². The number of hydrogen-bond donors (Lipinski definition) is 2. The number of carbonyl (C=O) groups excluding carboxylic acids is 1. The first-order chi connectivity index (χ1) is 12.7. The Balaban J connectivity index is 0.000000236. The van der Waals surface area contributed by atoms with E-state index in [1.165, 1.54) is 0 Å². The standard InChI is InChI=1S/C17H13NO.C6H7N/c19-17(18-14-9-2-1-3-10-14)16-12-6-8-13-7-4-5-11-15(13)16;7-6-4-2-1-3-5-6/h1-12H,(H,18,19);1-5H,7H2. The number of rotatable bonds is 2. The van der Waals surface area contributed by atoms with Crippen LogP contribution >= 0.6 is 0 Å². The summed E-state index contributed by atoms with van der Waals surface area (Å²) in [5.74, 6) is -0.0806. The molecule has 0 heterocycles. The molecule has 0 spiro atoms. The first kappa shape index (κ1) is 17.2. The van der Waals surface area contributed by atoms with Gasteiger partial charge in [0.2, 0.25) is 0 Å². The van der Waals surface area contributed by atoms with Gasteiger partial charge in [-0.1, -0.05) is 72.8 Å². The van der Waals surface area contributed by atoms with Gasteiger partial charge in [-0.3, -0.25) is 4.79 Å². The first-order valence-corrected chi connectivity index (χ1v) is 8.39. The molecule has 0 aliphatic carbocycles. The number of carbonyl (C=O) groups is 1. The predicted octanol–water partition coefficient (Wildman–Crippen LogP) is 5.36. The second kappa shape index (κ2) is 8.49. The molecule has 4 aromatic rings. The molecule has 0 radical (unpaired) electrons. The molecule has 1 amide bonds. The minimum absolute atomic E-state index is 0.0806. The summed E-state index contributed by atoms with van der Waals surface area (Å²) in [6.45, 7) is 0. The molecule has 0 aliphatic rings. The van der Waals surface area contributed by atoms with Crippen LogP contribution in [-0.4, -0.2) is 5.91 Å². The zero-order valence-corrected chi connectivity index (χ0v) is 14.3. The van der Waals surface area contributed by atoms with Crippen molar-refractivity contribution in [3.8, 4) is 0 Å². The maximum Gasteiger partial charge on any atom is 0.256 e. The molecular formula is C23H20N2O. The summed E-state index contributed by atoms with van der Waals surface area (Å²) in [5.41, 5.74) is 7.68. The molecule has 0 atom stereocenters. The van der Waals surface area contributed by atoms with Gasteiger partial charge in [-0.05, 0) is 41.1 Å². The van der Waals surface area contributed by atoms with Crippen molar-refractivity contribution in [1.82, 2.24) is 0 Å². The topological polar surface area (TPSA) is 55.1 Å². The van der Waals surface area contributed by atoms with E-state index < -0.39 is 0 Å². The highest BCUT2D eigenvalue weighted by atomic mass is 16.1. The van der Waals surface area contributed by atoms with Gasteiger partial charge < -0.3 is 11.1 Å². The fraction of sp³-hybridized carbons (Fsp3) is 0. The highest BCUT2D eigenvalue weighted by Crippen LogP contribution is 2.19. The van der Waals surface area contributed by atoms with E-state index in [-0.39, 0.29) is 5.91 Å². The number of nitrogens with two attached hydrogens (primary N) is 1. The van der Waals surface area contributed by atoms with Gasteiger partial charge in [0.15, 0.2) is 0 Å². The van der Waals surface area contributed by atoms with E-state index in [0.717, 1.165) is 22.1 Å². The Hall–Kier alpha value is -3.59. The van der Waals surface area contributed by atoms with Crippen LogP contribution in [0.15, 0.2) is 103 Å². The summed E-state index contributed by atoms with van der Waals surface area (Å²) in [4.78, 5) is 12.3. The Labute approximate surface area is 153 Å². The van der Waals surface area contributed by atoms with Gasteiger partial charge in [-0.25, -0.2) is 0 Å². The molecule has 0 saturated heterocycles. The summed E-state index contributed by atoms with van der Waals surface area (Å²) in [7, 11) is 0. The predicted molar refractivity (Wildman–Crippen MR) is 109 cm³/mol. The van der Waals surface area contributed by atoms with E-state index >= 15 is 0 Å². The minimum Gasteiger partial charge on any atom is -0.399 e. The van der Waals surface area contributed by atoms with Gasteiger partial charge in [0, 0.05) is 16.9 Å². The smallest absolute Gasteiger partial charge is 0.256 e. The molecule has 0 fully saturated rings. The monoisotopic (exact) mass is 340 g/mol. The van der Waals surface area contributed by atoms with Crippen molar-refractivity contribution in [3.05, 3.63) is 109 Å². The average Bonchev–Trinajstić information content (AvgIpc) is 2.69. The number of nitrogen functional groups attached to an aromatic ring is 1. The van der Waals surface area contributed by atoms with Crippen molar-refractivity contribution >= 4 is 28.1 Å². The fourth-order valence-corrected chi connectivity index (χ4v) is 2.60. The highest BCUT2D eigenvalue weighted by Gasteiger charge is 2.09. The average molecular weight is 340 g/mol. The third-order valence-electron chi connectivity index (χ3n) is 3.87. The van der Waals surface area contributed by atoms with Crippen LogP contribution in [-0.2, 0) is 0 Å². The van der Waals surface area contributed by atoms with Crippen molar-refractivity contribution < 1.29 is 4.79 Å². The molecule has 4 aromatic carbocycles. The number of para-hydroxylation sites is 2. The van der Waals surface area contributed by atoms with Crippen LogP contribution in [0.25, 0.3) is 10.8 Å². The normalized spacial score (nSPS) is 9.85. The molecule has 128 valence electrons. The number of nitrogens with one attached hydrogen (secondary N) is 1. The van der Waals surface area contributed by atoms with Crippen LogP contribution in [0.1, 0.15) is 10.4 Å². The quantitative estimate of drug-likeness (QED) is 0.483. The molecule has 0 aromatic heterocycles. The molecule has 3 heteroatoms. The molecule has 0 bridgehead atoms. The van der Waals surface area contributed by atoms with Crippen molar-refractivity contribution in [2.24, 2.45) is 0 Å². The van der Waals surface area contributed by atoms with E-state index in [4.69, 9.17) is 5.73 Å². The molecule has 3 N–H and O–H groups in total. The SMILES string of the molecule is Nc1ccccc1.O=C(Nc1ccccc1)c1cccc2ccccc12. The first-order valence-electron chi connectivity index (χ1n) is 8.39. The second-order valence-corrected chi connectivity index (χ2v) is 5.76. The number of amides is 1. The Morgan fingerprint density at radius 2 is 1.23 bits per heavy atom. The van der Waals surface area contributed by atoms with Crippen molar-refractivity contribution in [2.45, 2.75) is 0 Å². The largest absolute Gasteiger partial charge is 0.399 e. The van der Waals surface area contributed by atoms with Crippen LogP contribution in [0.5, 0.6) is 0 Å². The summed E-state index contributed by atoms with van der Waals surface area (Å²) in [5, 5.41) is 4.95. The zero-order chi connectivity index (χ0) is 18.2. The van der Waals surface area contributed by atoms with Crippen LogP contribution in [0.3, 0.4) is 0 Å². The van der Waals surface area contributed by atoms with Crippen molar-refractivity contribution in [1.29, 1.82) is 0 Å². The van der Waals surface area contributed by atoms with Gasteiger partial charge in [-0.2, -0.15) is 0 Å². The molecule has 26 heavy (non-hydrogen) atoms. The zero-order valence-electron chi connectivity index (χ0n) is 14.3. The van der Waals surface area contributed by atoms with Crippen LogP contribution < -0.4 is 11.1 Å². The van der Waals surface area contributed by atoms with Crippen LogP contribution in [0.2, 0.25) is 0 Å².